The second-order valence-electron chi connectivity index (χ2n) is 2.93. The van der Waals surface area contributed by atoms with Crippen LogP contribution in [0.3, 0.4) is 0 Å². The summed E-state index contributed by atoms with van der Waals surface area (Å²) in [6.45, 7) is 8.30. The van der Waals surface area contributed by atoms with Gasteiger partial charge in [-0.25, -0.2) is 0 Å². The van der Waals surface area contributed by atoms with Gasteiger partial charge in [0, 0.05) is 12.6 Å². The van der Waals surface area contributed by atoms with Crippen molar-refractivity contribution in [1.82, 2.24) is 10.7 Å². The van der Waals surface area contributed by atoms with Crippen LogP contribution in [0.25, 0.3) is 0 Å². The Balaban J connectivity index is 0.000000561. The summed E-state index contributed by atoms with van der Waals surface area (Å²) < 4.78 is 0. The Morgan fingerprint density at radius 3 is 2.67 bits per heavy atom. The fourth-order valence-electron chi connectivity index (χ4n) is 1.68. The number of rotatable bonds is 3. The zero-order valence-corrected chi connectivity index (χ0v) is 8.56. The summed E-state index contributed by atoms with van der Waals surface area (Å²) in [5.41, 5.74) is 2.71. The van der Waals surface area contributed by atoms with Crippen LogP contribution in [0.4, 0.5) is 0 Å². The molecule has 3 heteroatoms. The lowest BCUT2D eigenvalue weighted by Gasteiger charge is -2.16. The van der Waals surface area contributed by atoms with E-state index in [1.165, 1.54) is 12.8 Å². The quantitative estimate of drug-likeness (QED) is 0.438. The molecule has 0 saturated carbocycles. The van der Waals surface area contributed by atoms with Crippen molar-refractivity contribution in [3.8, 4) is 0 Å². The van der Waals surface area contributed by atoms with E-state index >= 15 is 0 Å². The van der Waals surface area contributed by atoms with Gasteiger partial charge >= 0.3 is 0 Å². The monoisotopic (exact) mass is 173 g/mol. The molecule has 2 unspecified atom stereocenters. The maximum Gasteiger partial charge on any atom is 0.0254 e. The van der Waals surface area contributed by atoms with Crippen LogP contribution in [0.15, 0.2) is 0 Å². The molecule has 1 aliphatic heterocycles. The van der Waals surface area contributed by atoms with Crippen LogP contribution in [0.1, 0.15) is 33.6 Å². The molecule has 4 N–H and O–H groups in total. The first kappa shape index (κ1) is 11.9. The van der Waals surface area contributed by atoms with Gasteiger partial charge in [0.2, 0.25) is 0 Å². The fraction of sp³-hybridized carbons (Fsp3) is 1.00. The molecular formula is C9H23N3. The Kier molecular flexibility index (Phi) is 7.45. The first-order valence-corrected chi connectivity index (χ1v) is 5.05. The summed E-state index contributed by atoms with van der Waals surface area (Å²) in [7, 11) is 0. The first-order valence-electron chi connectivity index (χ1n) is 5.05. The molecule has 0 aromatic rings. The van der Waals surface area contributed by atoms with Gasteiger partial charge in [0.1, 0.15) is 0 Å². The molecule has 0 aromatic heterocycles. The third kappa shape index (κ3) is 3.52. The summed E-state index contributed by atoms with van der Waals surface area (Å²) in [6.07, 6.45) is 2.57. The fourth-order valence-corrected chi connectivity index (χ4v) is 1.68. The van der Waals surface area contributed by atoms with Crippen molar-refractivity contribution in [2.45, 2.75) is 39.7 Å². The summed E-state index contributed by atoms with van der Waals surface area (Å²) >= 11 is 0. The zero-order chi connectivity index (χ0) is 9.40. The molecule has 74 valence electrons. The van der Waals surface area contributed by atoms with E-state index in [0.717, 1.165) is 19.0 Å². The molecule has 0 spiro atoms. The second-order valence-corrected chi connectivity index (χ2v) is 2.93. The lowest BCUT2D eigenvalue weighted by molar-refractivity contribution is 0.415. The number of hydrogen-bond donors (Lipinski definition) is 3. The van der Waals surface area contributed by atoms with Crippen molar-refractivity contribution in [3.05, 3.63) is 0 Å². The Morgan fingerprint density at radius 2 is 2.17 bits per heavy atom. The normalized spacial score (nSPS) is 28.0. The molecule has 1 heterocycles. The van der Waals surface area contributed by atoms with E-state index in [9.17, 15) is 0 Å². The Labute approximate surface area is 76.1 Å². The van der Waals surface area contributed by atoms with E-state index in [1.54, 1.807) is 0 Å². The summed E-state index contributed by atoms with van der Waals surface area (Å²) in [4.78, 5) is 0. The summed E-state index contributed by atoms with van der Waals surface area (Å²) in [5, 5.41) is 3.42. The van der Waals surface area contributed by atoms with Crippen LogP contribution < -0.4 is 16.6 Å². The third-order valence-electron chi connectivity index (χ3n) is 2.35. The molecule has 0 radical (unpaired) electrons. The van der Waals surface area contributed by atoms with Crippen molar-refractivity contribution in [2.75, 3.05) is 13.1 Å². The van der Waals surface area contributed by atoms with Gasteiger partial charge in [0.15, 0.2) is 0 Å². The smallest absolute Gasteiger partial charge is 0.0254 e. The molecular weight excluding hydrogens is 150 g/mol. The minimum Gasteiger partial charge on any atom is -0.312 e. The molecule has 1 aliphatic rings. The van der Waals surface area contributed by atoms with E-state index < -0.39 is 0 Å². The minimum absolute atomic E-state index is 0.606. The first-order chi connectivity index (χ1) is 5.88. The standard InChI is InChI=1S/C7H17N3.C2H6/c1-2-6-3-4-9-7(6)5-10-8;1-2/h6-7,9-10H,2-5,8H2,1H3;1-2H3. The molecule has 0 bridgehead atoms. The minimum atomic E-state index is 0.606. The SMILES string of the molecule is CC.CCC1CCNC1CNN. The molecule has 0 aromatic carbocycles. The molecule has 0 aliphatic carbocycles. The number of nitrogens with two attached hydrogens (primary N) is 1. The van der Waals surface area contributed by atoms with Gasteiger partial charge in [-0.1, -0.05) is 27.2 Å². The number of hydrazine groups is 1. The molecule has 0 amide bonds. The van der Waals surface area contributed by atoms with Crippen molar-refractivity contribution in [2.24, 2.45) is 11.8 Å². The molecule has 3 nitrogen and oxygen atoms in total. The second kappa shape index (κ2) is 7.53. The van der Waals surface area contributed by atoms with Gasteiger partial charge in [-0.2, -0.15) is 0 Å². The van der Waals surface area contributed by atoms with Gasteiger partial charge in [0.25, 0.3) is 0 Å². The highest BCUT2D eigenvalue weighted by Gasteiger charge is 2.23. The third-order valence-corrected chi connectivity index (χ3v) is 2.35. The topological polar surface area (TPSA) is 50.1 Å². The maximum atomic E-state index is 5.24. The highest BCUT2D eigenvalue weighted by molar-refractivity contribution is 4.83. The molecule has 1 saturated heterocycles. The van der Waals surface area contributed by atoms with E-state index in [0.29, 0.717) is 6.04 Å². The number of hydrogen-bond acceptors (Lipinski definition) is 3. The summed E-state index contributed by atoms with van der Waals surface area (Å²) in [6, 6.07) is 0.606. The van der Waals surface area contributed by atoms with E-state index in [4.69, 9.17) is 5.84 Å². The lowest BCUT2D eigenvalue weighted by Crippen LogP contribution is -2.40. The van der Waals surface area contributed by atoms with E-state index in [2.05, 4.69) is 17.7 Å². The van der Waals surface area contributed by atoms with Gasteiger partial charge in [-0.3, -0.25) is 11.3 Å². The van der Waals surface area contributed by atoms with Crippen LogP contribution >= 0.6 is 0 Å². The van der Waals surface area contributed by atoms with Gasteiger partial charge in [0.05, 0.1) is 0 Å². The number of nitrogens with one attached hydrogen (secondary N) is 2. The average Bonchev–Trinajstić information content (AvgIpc) is 2.56. The highest BCUT2D eigenvalue weighted by Crippen LogP contribution is 2.17. The van der Waals surface area contributed by atoms with E-state index in [-0.39, 0.29) is 0 Å². The van der Waals surface area contributed by atoms with Crippen molar-refractivity contribution < 1.29 is 0 Å². The highest BCUT2D eigenvalue weighted by atomic mass is 15.2. The van der Waals surface area contributed by atoms with Crippen LogP contribution in [-0.2, 0) is 0 Å². The van der Waals surface area contributed by atoms with Crippen molar-refractivity contribution in [3.63, 3.8) is 0 Å². The van der Waals surface area contributed by atoms with Crippen LogP contribution in [0, 0.1) is 5.92 Å². The summed E-state index contributed by atoms with van der Waals surface area (Å²) in [5.74, 6) is 6.06. The van der Waals surface area contributed by atoms with Crippen LogP contribution in [0.5, 0.6) is 0 Å². The van der Waals surface area contributed by atoms with Crippen molar-refractivity contribution in [1.29, 1.82) is 0 Å². The van der Waals surface area contributed by atoms with E-state index in [1.807, 2.05) is 13.8 Å². The predicted octanol–water partition coefficient (Wildman–Crippen LogP) is 0.864. The maximum absolute atomic E-state index is 5.24. The largest absolute Gasteiger partial charge is 0.312 e. The lowest BCUT2D eigenvalue weighted by atomic mass is 9.98. The molecule has 1 fully saturated rings. The van der Waals surface area contributed by atoms with Crippen molar-refractivity contribution >= 4 is 0 Å². The van der Waals surface area contributed by atoms with Gasteiger partial charge < -0.3 is 5.32 Å². The Morgan fingerprint density at radius 1 is 1.50 bits per heavy atom. The Hall–Kier alpha value is -0.120. The van der Waals surface area contributed by atoms with Crippen LogP contribution in [-0.4, -0.2) is 19.1 Å². The van der Waals surface area contributed by atoms with Gasteiger partial charge in [-0.15, -0.1) is 0 Å². The molecule has 1 rings (SSSR count). The average molecular weight is 173 g/mol. The molecule has 2 atom stereocenters. The molecule has 12 heavy (non-hydrogen) atoms. The zero-order valence-electron chi connectivity index (χ0n) is 8.56. The van der Waals surface area contributed by atoms with Gasteiger partial charge in [-0.05, 0) is 18.9 Å². The predicted molar refractivity (Wildman–Crippen MR) is 53.7 cm³/mol. The van der Waals surface area contributed by atoms with Crippen LogP contribution in [0.2, 0.25) is 0 Å². The Bertz CT molecular complexity index is 95.8.